The molecule has 9 heteroatoms. The van der Waals surface area contributed by atoms with E-state index in [4.69, 9.17) is 0 Å². The second kappa shape index (κ2) is 9.11. The van der Waals surface area contributed by atoms with E-state index in [0.717, 1.165) is 21.3 Å². The molecule has 0 radical (unpaired) electrons. The van der Waals surface area contributed by atoms with Crippen LogP contribution in [0.3, 0.4) is 0 Å². The summed E-state index contributed by atoms with van der Waals surface area (Å²) in [6.07, 6.45) is -0.136. The van der Waals surface area contributed by atoms with Crippen molar-refractivity contribution in [2.24, 2.45) is 5.92 Å². The van der Waals surface area contributed by atoms with Crippen LogP contribution in [0.4, 0.5) is 5.13 Å². The van der Waals surface area contributed by atoms with Crippen LogP contribution in [0, 0.1) is 19.8 Å². The fraction of sp³-hybridized carbons (Fsp3) is 0.474. The lowest BCUT2D eigenvalue weighted by Gasteiger charge is -2.21. The molecule has 1 amide bonds. The van der Waals surface area contributed by atoms with E-state index in [9.17, 15) is 24.6 Å². The molecule has 0 aliphatic heterocycles. The normalized spacial score (nSPS) is 13.5. The lowest BCUT2D eigenvalue weighted by molar-refractivity contribution is -0.144. The van der Waals surface area contributed by atoms with Gasteiger partial charge in [-0.15, -0.1) is 0 Å². The molecule has 0 aliphatic carbocycles. The van der Waals surface area contributed by atoms with Crippen molar-refractivity contribution in [3.05, 3.63) is 23.3 Å². The quantitative estimate of drug-likeness (QED) is 0.503. The van der Waals surface area contributed by atoms with Crippen LogP contribution < -0.4 is 10.6 Å². The van der Waals surface area contributed by atoms with Crippen molar-refractivity contribution < 1.29 is 24.6 Å². The van der Waals surface area contributed by atoms with Gasteiger partial charge in [-0.25, -0.2) is 4.98 Å². The molecule has 1 heterocycles. The van der Waals surface area contributed by atoms with Crippen LogP contribution in [0.15, 0.2) is 12.1 Å². The van der Waals surface area contributed by atoms with Gasteiger partial charge in [-0.3, -0.25) is 19.7 Å². The number of carbonyl (C=O) groups is 3. The van der Waals surface area contributed by atoms with Gasteiger partial charge < -0.3 is 15.5 Å². The first-order chi connectivity index (χ1) is 13.1. The topological polar surface area (TPSA) is 129 Å². The second-order valence-electron chi connectivity index (χ2n) is 7.25. The Kier molecular flexibility index (Phi) is 7.09. The summed E-state index contributed by atoms with van der Waals surface area (Å²) >= 11 is 1.31. The van der Waals surface area contributed by atoms with E-state index < -0.39 is 36.4 Å². The number of aryl methyl sites for hydroxylation is 2. The first kappa shape index (κ1) is 21.8. The van der Waals surface area contributed by atoms with E-state index in [1.807, 2.05) is 39.8 Å². The average Bonchev–Trinajstić information content (AvgIpc) is 2.93. The maximum absolute atomic E-state index is 12.3. The van der Waals surface area contributed by atoms with Gasteiger partial charge in [0.2, 0.25) is 5.91 Å². The number of aromatic nitrogens is 1. The average molecular weight is 407 g/mol. The van der Waals surface area contributed by atoms with Crippen molar-refractivity contribution in [1.82, 2.24) is 10.3 Å². The standard InChI is InChI=1S/C19H25N3O5S/c1-9(2)5-13(17(24)25)20-14(18(26)27)8-16(23)22-19-21-12-6-10(3)11(4)7-15(12)28-19/h6-7,9,13-14,20H,5,8H2,1-4H3,(H,24,25)(H,26,27)(H,21,22,23)/t13-,14-/m0/s1. The van der Waals surface area contributed by atoms with Gasteiger partial charge >= 0.3 is 11.9 Å². The Bertz CT molecular complexity index is 854. The molecular weight excluding hydrogens is 382 g/mol. The summed E-state index contributed by atoms with van der Waals surface area (Å²) in [7, 11) is 0. The fourth-order valence-corrected chi connectivity index (χ4v) is 3.72. The Balaban J connectivity index is 2.07. The zero-order valence-corrected chi connectivity index (χ0v) is 17.1. The summed E-state index contributed by atoms with van der Waals surface area (Å²) in [5, 5.41) is 24.2. The SMILES string of the molecule is Cc1cc2nc(NC(=O)C[C@H](N[C@@H](CC(C)C)C(=O)O)C(=O)O)sc2cc1C. The predicted molar refractivity (Wildman–Crippen MR) is 108 cm³/mol. The number of carboxylic acid groups (broad SMARTS) is 2. The van der Waals surface area contributed by atoms with Crippen LogP contribution in [0.5, 0.6) is 0 Å². The molecule has 1 aromatic carbocycles. The minimum Gasteiger partial charge on any atom is -0.480 e. The number of benzene rings is 1. The lowest BCUT2D eigenvalue weighted by atomic mass is 10.0. The highest BCUT2D eigenvalue weighted by atomic mass is 32.1. The third kappa shape index (κ3) is 5.74. The van der Waals surface area contributed by atoms with Crippen LogP contribution in [0.1, 0.15) is 37.8 Å². The van der Waals surface area contributed by atoms with Gasteiger partial charge in [0.25, 0.3) is 0 Å². The second-order valence-corrected chi connectivity index (χ2v) is 8.28. The number of anilines is 1. The van der Waals surface area contributed by atoms with Crippen LogP contribution in [-0.2, 0) is 14.4 Å². The minimum atomic E-state index is -1.31. The van der Waals surface area contributed by atoms with Gasteiger partial charge in [0.1, 0.15) is 12.1 Å². The van der Waals surface area contributed by atoms with E-state index in [-0.39, 0.29) is 12.3 Å². The molecular formula is C19H25N3O5S. The summed E-state index contributed by atoms with van der Waals surface area (Å²) in [4.78, 5) is 39.5. The van der Waals surface area contributed by atoms with Crippen LogP contribution >= 0.6 is 11.3 Å². The summed E-state index contributed by atoms with van der Waals surface area (Å²) < 4.78 is 0.925. The molecule has 28 heavy (non-hydrogen) atoms. The van der Waals surface area contributed by atoms with Gasteiger partial charge in [0.15, 0.2) is 5.13 Å². The fourth-order valence-electron chi connectivity index (χ4n) is 2.76. The van der Waals surface area contributed by atoms with Crippen molar-refractivity contribution in [3.8, 4) is 0 Å². The molecule has 0 saturated carbocycles. The van der Waals surface area contributed by atoms with Gasteiger partial charge in [-0.05, 0) is 49.4 Å². The largest absolute Gasteiger partial charge is 0.480 e. The predicted octanol–water partition coefficient (Wildman–Crippen LogP) is 2.78. The van der Waals surface area contributed by atoms with Gasteiger partial charge in [-0.1, -0.05) is 25.2 Å². The highest BCUT2D eigenvalue weighted by Crippen LogP contribution is 2.28. The number of nitrogens with zero attached hydrogens (tertiary/aromatic N) is 1. The Morgan fingerprint density at radius 2 is 1.68 bits per heavy atom. The number of hydrogen-bond donors (Lipinski definition) is 4. The van der Waals surface area contributed by atoms with E-state index in [0.29, 0.717) is 5.13 Å². The maximum atomic E-state index is 12.3. The van der Waals surface area contributed by atoms with Crippen LogP contribution in [-0.4, -0.2) is 45.1 Å². The van der Waals surface area contributed by atoms with Crippen molar-refractivity contribution >= 4 is 44.5 Å². The third-order valence-electron chi connectivity index (χ3n) is 4.35. The third-order valence-corrected chi connectivity index (χ3v) is 5.28. The number of thiazole rings is 1. The van der Waals surface area contributed by atoms with Gasteiger partial charge in [0, 0.05) is 0 Å². The Morgan fingerprint density at radius 1 is 1.07 bits per heavy atom. The molecule has 0 aliphatic rings. The smallest absolute Gasteiger partial charge is 0.321 e. The molecule has 0 bridgehead atoms. The van der Waals surface area contributed by atoms with Crippen LogP contribution in [0.25, 0.3) is 10.2 Å². The molecule has 1 aromatic heterocycles. The molecule has 152 valence electrons. The number of fused-ring (bicyclic) bond motifs is 1. The van der Waals surface area contributed by atoms with Gasteiger partial charge in [0.05, 0.1) is 16.6 Å². The molecule has 8 nitrogen and oxygen atoms in total. The molecule has 0 spiro atoms. The minimum absolute atomic E-state index is 0.0616. The van der Waals surface area contributed by atoms with Crippen molar-refractivity contribution in [3.63, 3.8) is 0 Å². The Morgan fingerprint density at radius 3 is 2.25 bits per heavy atom. The van der Waals surface area contributed by atoms with Crippen molar-refractivity contribution in [2.45, 2.75) is 52.6 Å². The summed E-state index contributed by atoms with van der Waals surface area (Å²) in [6.45, 7) is 7.66. The number of rotatable bonds is 9. The molecule has 0 fully saturated rings. The first-order valence-electron chi connectivity index (χ1n) is 8.96. The molecule has 2 aromatic rings. The monoisotopic (exact) mass is 407 g/mol. The highest BCUT2D eigenvalue weighted by Gasteiger charge is 2.28. The molecule has 0 saturated heterocycles. The summed E-state index contributed by atoms with van der Waals surface area (Å²) in [6, 6.07) is 1.58. The van der Waals surface area contributed by atoms with E-state index >= 15 is 0 Å². The lowest BCUT2D eigenvalue weighted by Crippen LogP contribution is -2.49. The molecule has 2 atom stereocenters. The number of nitrogens with one attached hydrogen (secondary N) is 2. The van der Waals surface area contributed by atoms with Gasteiger partial charge in [-0.2, -0.15) is 0 Å². The zero-order chi connectivity index (χ0) is 21.0. The number of amides is 1. The van der Waals surface area contributed by atoms with Crippen LogP contribution in [0.2, 0.25) is 0 Å². The highest BCUT2D eigenvalue weighted by molar-refractivity contribution is 7.22. The number of aliphatic carboxylic acids is 2. The maximum Gasteiger partial charge on any atom is 0.321 e. The van der Waals surface area contributed by atoms with Crippen molar-refractivity contribution in [1.29, 1.82) is 0 Å². The van der Waals surface area contributed by atoms with E-state index in [2.05, 4.69) is 15.6 Å². The van der Waals surface area contributed by atoms with E-state index in [1.54, 1.807) is 0 Å². The molecule has 4 N–H and O–H groups in total. The van der Waals surface area contributed by atoms with Crippen molar-refractivity contribution in [2.75, 3.05) is 5.32 Å². The number of carbonyl (C=O) groups excluding carboxylic acids is 1. The Labute approximate surface area is 167 Å². The summed E-state index contributed by atoms with van der Waals surface area (Å²) in [5.41, 5.74) is 2.98. The summed E-state index contributed by atoms with van der Waals surface area (Å²) in [5.74, 6) is -2.90. The zero-order valence-electron chi connectivity index (χ0n) is 16.3. The molecule has 2 rings (SSSR count). The number of carboxylic acids is 2. The number of hydrogen-bond acceptors (Lipinski definition) is 6. The molecule has 0 unspecified atom stereocenters. The first-order valence-corrected chi connectivity index (χ1v) is 9.77. The Hall–Kier alpha value is -2.52. The van der Waals surface area contributed by atoms with E-state index in [1.165, 1.54) is 11.3 Å².